The molecule has 4 rings (SSSR count). The lowest BCUT2D eigenvalue weighted by Crippen LogP contribution is -2.41. The number of fused-ring (bicyclic) bond motifs is 1. The van der Waals surface area contributed by atoms with Crippen LogP contribution >= 0.6 is 11.6 Å². The van der Waals surface area contributed by atoms with Gasteiger partial charge < -0.3 is 15.0 Å². The van der Waals surface area contributed by atoms with Gasteiger partial charge in [0.2, 0.25) is 5.91 Å². The summed E-state index contributed by atoms with van der Waals surface area (Å²) in [5, 5.41) is 3.75. The first-order valence-corrected chi connectivity index (χ1v) is 10.1. The molecule has 0 bridgehead atoms. The van der Waals surface area contributed by atoms with Gasteiger partial charge in [-0.2, -0.15) is 0 Å². The third kappa shape index (κ3) is 4.22. The lowest BCUT2D eigenvalue weighted by molar-refractivity contribution is -0.126. The topological polar surface area (TPSA) is 54.5 Å². The summed E-state index contributed by atoms with van der Waals surface area (Å²) in [6.07, 6.45) is 4.72. The summed E-state index contributed by atoms with van der Waals surface area (Å²) in [7, 11) is 0. The smallest absolute Gasteiger partial charge is 0.223 e. The maximum Gasteiger partial charge on any atom is 0.223 e. The lowest BCUT2D eigenvalue weighted by atomic mass is 9.94. The normalized spacial score (nSPS) is 20.1. The average molecular weight is 404 g/mol. The summed E-state index contributed by atoms with van der Waals surface area (Å²) in [5.41, 5.74) is 0.730. The van der Waals surface area contributed by atoms with Gasteiger partial charge in [0.15, 0.2) is 0 Å². The predicted octanol–water partition coefficient (Wildman–Crippen LogP) is 4.12. The second-order valence-electron chi connectivity index (χ2n) is 7.33. The van der Waals surface area contributed by atoms with Crippen LogP contribution in [-0.4, -0.2) is 30.6 Å². The van der Waals surface area contributed by atoms with Crippen LogP contribution in [0.1, 0.15) is 37.3 Å². The zero-order valence-electron chi connectivity index (χ0n) is 15.5. The molecule has 1 atom stereocenters. The lowest BCUT2D eigenvalue weighted by Gasteiger charge is -2.33. The molecular weight excluding hydrogens is 381 g/mol. The molecule has 1 aromatic heterocycles. The molecule has 2 aliphatic heterocycles. The van der Waals surface area contributed by atoms with Crippen molar-refractivity contribution in [2.75, 3.05) is 24.6 Å². The van der Waals surface area contributed by atoms with Crippen LogP contribution in [0.25, 0.3) is 0 Å². The highest BCUT2D eigenvalue weighted by Gasteiger charge is 2.29. The van der Waals surface area contributed by atoms with E-state index in [1.165, 1.54) is 12.1 Å². The molecule has 1 fully saturated rings. The third-order valence-corrected chi connectivity index (χ3v) is 5.68. The standard InChI is InChI=1S/C21H23ClFN3O2/c22-15-3-6-20(24-13-15)26-9-7-14(8-10-26)21(27)25-18-2-1-11-28-19-5-4-16(23)12-17(18)19/h3-6,12-14,18H,1-2,7-11H2,(H,25,27). The Hall–Kier alpha value is -2.34. The number of pyridine rings is 1. The third-order valence-electron chi connectivity index (χ3n) is 5.46. The maximum atomic E-state index is 13.7. The number of nitrogens with one attached hydrogen (secondary N) is 1. The number of benzene rings is 1. The largest absolute Gasteiger partial charge is 0.493 e. The van der Waals surface area contributed by atoms with Gasteiger partial charge >= 0.3 is 0 Å². The van der Waals surface area contributed by atoms with Crippen molar-refractivity contribution >= 4 is 23.3 Å². The molecule has 1 N–H and O–H groups in total. The minimum atomic E-state index is -0.313. The Morgan fingerprint density at radius 2 is 2.04 bits per heavy atom. The van der Waals surface area contributed by atoms with E-state index in [9.17, 15) is 9.18 Å². The number of hydrogen-bond acceptors (Lipinski definition) is 4. The number of halogens is 2. The molecule has 1 unspecified atom stereocenters. The molecule has 1 saturated heterocycles. The molecular formula is C21H23ClFN3O2. The van der Waals surface area contributed by atoms with Crippen molar-refractivity contribution in [2.24, 2.45) is 5.92 Å². The van der Waals surface area contributed by atoms with E-state index in [0.29, 0.717) is 17.4 Å². The Kier molecular flexibility index (Phi) is 5.67. The van der Waals surface area contributed by atoms with Crippen LogP contribution in [-0.2, 0) is 4.79 Å². The number of hydrogen-bond donors (Lipinski definition) is 1. The first-order valence-electron chi connectivity index (χ1n) is 9.69. The number of aromatic nitrogens is 1. The van der Waals surface area contributed by atoms with Gasteiger partial charge in [-0.05, 0) is 56.0 Å². The summed E-state index contributed by atoms with van der Waals surface area (Å²) < 4.78 is 19.4. The van der Waals surface area contributed by atoms with E-state index >= 15 is 0 Å². The highest BCUT2D eigenvalue weighted by molar-refractivity contribution is 6.30. The van der Waals surface area contributed by atoms with E-state index in [-0.39, 0.29) is 23.7 Å². The Morgan fingerprint density at radius 3 is 2.79 bits per heavy atom. The van der Waals surface area contributed by atoms with Crippen molar-refractivity contribution in [3.05, 3.63) is 52.9 Å². The first-order chi connectivity index (χ1) is 13.6. The van der Waals surface area contributed by atoms with E-state index in [1.54, 1.807) is 12.3 Å². The van der Waals surface area contributed by atoms with E-state index in [2.05, 4.69) is 15.2 Å². The van der Waals surface area contributed by atoms with Gasteiger partial charge in [0, 0.05) is 30.8 Å². The number of ether oxygens (including phenoxy) is 1. The van der Waals surface area contributed by atoms with Crippen molar-refractivity contribution in [1.29, 1.82) is 0 Å². The quantitative estimate of drug-likeness (QED) is 0.837. The van der Waals surface area contributed by atoms with E-state index in [0.717, 1.165) is 50.2 Å². The fourth-order valence-electron chi connectivity index (χ4n) is 3.91. The minimum Gasteiger partial charge on any atom is -0.493 e. The van der Waals surface area contributed by atoms with Crippen molar-refractivity contribution in [2.45, 2.75) is 31.7 Å². The number of nitrogens with zero attached hydrogens (tertiary/aromatic N) is 2. The fourth-order valence-corrected chi connectivity index (χ4v) is 4.03. The molecule has 7 heteroatoms. The molecule has 1 amide bonds. The van der Waals surface area contributed by atoms with Gasteiger partial charge in [-0.3, -0.25) is 4.79 Å². The van der Waals surface area contributed by atoms with Gasteiger partial charge in [-0.25, -0.2) is 9.37 Å². The van der Waals surface area contributed by atoms with Gasteiger partial charge in [0.25, 0.3) is 0 Å². The molecule has 0 aliphatic carbocycles. The predicted molar refractivity (Wildman–Crippen MR) is 106 cm³/mol. The average Bonchev–Trinajstić information content (AvgIpc) is 2.91. The highest BCUT2D eigenvalue weighted by atomic mass is 35.5. The molecule has 5 nitrogen and oxygen atoms in total. The molecule has 28 heavy (non-hydrogen) atoms. The monoisotopic (exact) mass is 403 g/mol. The van der Waals surface area contributed by atoms with Crippen molar-refractivity contribution in [1.82, 2.24) is 10.3 Å². The van der Waals surface area contributed by atoms with Gasteiger partial charge in [0.1, 0.15) is 17.4 Å². The van der Waals surface area contributed by atoms with Crippen LogP contribution in [0.5, 0.6) is 5.75 Å². The van der Waals surface area contributed by atoms with Gasteiger partial charge in [0.05, 0.1) is 17.7 Å². The zero-order valence-corrected chi connectivity index (χ0v) is 16.3. The van der Waals surface area contributed by atoms with Crippen LogP contribution in [0.2, 0.25) is 5.02 Å². The molecule has 2 aromatic rings. The SMILES string of the molecule is O=C(NC1CCCOc2ccc(F)cc21)C1CCN(c2ccc(Cl)cn2)CC1. The number of carbonyl (C=O) groups is 1. The van der Waals surface area contributed by atoms with Crippen LogP contribution in [0.15, 0.2) is 36.5 Å². The molecule has 0 saturated carbocycles. The Balaban J connectivity index is 1.38. The van der Waals surface area contributed by atoms with Crippen molar-refractivity contribution < 1.29 is 13.9 Å². The van der Waals surface area contributed by atoms with Crippen LogP contribution in [0.3, 0.4) is 0 Å². The van der Waals surface area contributed by atoms with E-state index in [4.69, 9.17) is 16.3 Å². The second-order valence-corrected chi connectivity index (χ2v) is 7.77. The molecule has 1 aromatic carbocycles. The highest BCUT2D eigenvalue weighted by Crippen LogP contribution is 2.33. The number of anilines is 1. The summed E-state index contributed by atoms with van der Waals surface area (Å²) in [6, 6.07) is 8.03. The van der Waals surface area contributed by atoms with Crippen molar-refractivity contribution in [3.63, 3.8) is 0 Å². The number of piperidine rings is 1. The Labute approximate surface area is 168 Å². The number of amides is 1. The maximum absolute atomic E-state index is 13.7. The van der Waals surface area contributed by atoms with Crippen LogP contribution in [0.4, 0.5) is 10.2 Å². The van der Waals surface area contributed by atoms with Gasteiger partial charge in [-0.15, -0.1) is 0 Å². The first kappa shape index (κ1) is 19.0. The van der Waals surface area contributed by atoms with Crippen LogP contribution in [0, 0.1) is 11.7 Å². The molecule has 148 valence electrons. The summed E-state index contributed by atoms with van der Waals surface area (Å²) in [6.45, 7) is 2.12. The summed E-state index contributed by atoms with van der Waals surface area (Å²) in [4.78, 5) is 19.4. The number of carbonyl (C=O) groups excluding carboxylic acids is 1. The Bertz CT molecular complexity index is 838. The fraction of sp³-hybridized carbons (Fsp3) is 0.429. The minimum absolute atomic E-state index is 0.0332. The van der Waals surface area contributed by atoms with Crippen molar-refractivity contribution in [3.8, 4) is 5.75 Å². The zero-order chi connectivity index (χ0) is 19.5. The van der Waals surface area contributed by atoms with E-state index < -0.39 is 0 Å². The second kappa shape index (κ2) is 8.35. The van der Waals surface area contributed by atoms with Gasteiger partial charge in [-0.1, -0.05) is 11.6 Å². The van der Waals surface area contributed by atoms with Crippen LogP contribution < -0.4 is 15.0 Å². The summed E-state index contributed by atoms with van der Waals surface area (Å²) >= 11 is 5.90. The Morgan fingerprint density at radius 1 is 1.21 bits per heavy atom. The molecule has 0 radical (unpaired) electrons. The molecule has 2 aliphatic rings. The summed E-state index contributed by atoms with van der Waals surface area (Å²) in [5.74, 6) is 1.21. The number of rotatable bonds is 3. The molecule has 3 heterocycles. The molecule has 0 spiro atoms. The van der Waals surface area contributed by atoms with E-state index in [1.807, 2.05) is 12.1 Å².